The molecule has 0 fully saturated rings. The van der Waals surface area contributed by atoms with Gasteiger partial charge in [-0.25, -0.2) is 0 Å². The van der Waals surface area contributed by atoms with Gasteiger partial charge in [0.15, 0.2) is 0 Å². The number of rotatable bonds is 4. The molecule has 0 bridgehead atoms. The van der Waals surface area contributed by atoms with Gasteiger partial charge in [0, 0.05) is 20.1 Å². The average molecular weight is 676 g/mol. The fraction of sp³-hybridized carbons (Fsp3) is 0.0667. The minimum absolute atomic E-state index is 0. The molecule has 0 atom stereocenters. The molecule has 38 heavy (non-hydrogen) atoms. The minimum atomic E-state index is 0. The summed E-state index contributed by atoms with van der Waals surface area (Å²) < 4.78 is 0. The van der Waals surface area contributed by atoms with Crippen LogP contribution in [-0.4, -0.2) is 23.9 Å². The number of nitriles is 1. The monoisotopic (exact) mass is 676 g/mol. The van der Waals surface area contributed by atoms with Crippen molar-refractivity contribution in [2.75, 3.05) is 33.7 Å². The molecule has 1 radical (unpaired) electrons. The molecular formula is C30H25IrN7-6. The Morgan fingerprint density at radius 2 is 1.08 bits per heavy atom. The van der Waals surface area contributed by atoms with Crippen LogP contribution in [0.4, 0.5) is 22.7 Å². The first kappa shape index (κ1) is 26.9. The Kier molecular flexibility index (Phi) is 8.75. The van der Waals surface area contributed by atoms with Crippen LogP contribution < -0.4 is 19.6 Å². The molecule has 0 spiro atoms. The number of nitrogens with zero attached hydrogens (tertiary/aromatic N) is 7. The predicted octanol–water partition coefficient (Wildman–Crippen LogP) is 5.24. The van der Waals surface area contributed by atoms with Crippen LogP contribution in [0.2, 0.25) is 0 Å². The van der Waals surface area contributed by atoms with Gasteiger partial charge < -0.3 is 29.4 Å². The molecule has 0 unspecified atom stereocenters. The molecule has 0 aliphatic carbocycles. The summed E-state index contributed by atoms with van der Waals surface area (Å²) in [6, 6.07) is 31.4. The third-order valence-electron chi connectivity index (χ3n) is 5.64. The van der Waals surface area contributed by atoms with E-state index in [1.165, 1.54) is 0 Å². The molecule has 8 heteroatoms. The third kappa shape index (κ3) is 6.38. The minimum Gasteiger partial charge on any atom is -0.510 e. The quantitative estimate of drug-likeness (QED) is 0.351. The van der Waals surface area contributed by atoms with Crippen LogP contribution in [0.1, 0.15) is 5.56 Å². The maximum absolute atomic E-state index is 9.20. The Labute approximate surface area is 238 Å². The van der Waals surface area contributed by atoms with Crippen LogP contribution >= 0.6 is 0 Å². The molecule has 7 nitrogen and oxygen atoms in total. The van der Waals surface area contributed by atoms with Crippen molar-refractivity contribution < 1.29 is 20.1 Å². The number of anilines is 4. The number of para-hydroxylation sites is 2. The van der Waals surface area contributed by atoms with E-state index in [9.17, 15) is 5.26 Å². The Morgan fingerprint density at radius 3 is 1.45 bits per heavy atom. The third-order valence-corrected chi connectivity index (χ3v) is 5.64. The second-order valence-corrected chi connectivity index (χ2v) is 8.45. The van der Waals surface area contributed by atoms with Crippen molar-refractivity contribution in [3.8, 4) is 6.07 Å². The fourth-order valence-corrected chi connectivity index (χ4v) is 3.80. The van der Waals surface area contributed by atoms with E-state index >= 15 is 0 Å². The summed E-state index contributed by atoms with van der Waals surface area (Å²) in [5, 5.41) is 9.20. The van der Waals surface area contributed by atoms with E-state index in [4.69, 9.17) is 0 Å². The van der Waals surface area contributed by atoms with Gasteiger partial charge in [-0.3, -0.25) is 0 Å². The summed E-state index contributed by atoms with van der Waals surface area (Å²) in [7, 11) is 3.91. The zero-order chi connectivity index (χ0) is 25.6. The summed E-state index contributed by atoms with van der Waals surface area (Å²) in [6.45, 7) is 5.89. The van der Waals surface area contributed by atoms with E-state index in [0.717, 1.165) is 22.7 Å². The summed E-state index contributed by atoms with van der Waals surface area (Å²) in [5.74, 6) is 0. The fourth-order valence-electron chi connectivity index (χ4n) is 3.80. The molecule has 3 aliphatic rings. The molecule has 3 aliphatic heterocycles. The molecule has 0 N–H and O–H groups in total. The Morgan fingerprint density at radius 1 is 0.632 bits per heavy atom. The van der Waals surface area contributed by atoms with Crippen LogP contribution in [0.15, 0.2) is 97.9 Å². The van der Waals surface area contributed by atoms with Crippen LogP contribution in [0.3, 0.4) is 0 Å². The second-order valence-electron chi connectivity index (χ2n) is 8.45. The largest absolute Gasteiger partial charge is 0.510 e. The second kappa shape index (κ2) is 12.4. The van der Waals surface area contributed by atoms with Gasteiger partial charge in [0.2, 0.25) is 0 Å². The zero-order valence-electron chi connectivity index (χ0n) is 20.9. The van der Waals surface area contributed by atoms with Gasteiger partial charge in [-0.05, 0) is 51.3 Å². The average Bonchev–Trinajstić information content (AvgIpc) is 3.71. The topological polar surface area (TPSA) is 43.2 Å². The van der Waals surface area contributed by atoms with Gasteiger partial charge in [0.25, 0.3) is 0 Å². The van der Waals surface area contributed by atoms with E-state index in [0.29, 0.717) is 5.56 Å². The standard InChI is InChI=1S/C15H14N5.C15H11N2.Ir/c1-17-3-5-19(11-17)14-7-13(10-16)8-15(9-14)20-6-4-18(2)12-20;1-3-7-14(8-4-1)16-11-12-17(13-16)15-9-5-2-6-10-15;/h3-8,11-12H,1-2H3;1-7,9,11-13H;/q2*-3;. The smallest absolute Gasteiger partial charge is 0.0726 e. The Bertz CT molecular complexity index is 1240. The molecule has 0 saturated heterocycles. The number of hydrogen-bond acceptors (Lipinski definition) is 7. The van der Waals surface area contributed by atoms with Gasteiger partial charge in [-0.2, -0.15) is 79.3 Å². The van der Waals surface area contributed by atoms with Crippen molar-refractivity contribution in [3.63, 3.8) is 0 Å². The summed E-state index contributed by atoms with van der Waals surface area (Å²) in [6.07, 6.45) is 11.8. The first-order chi connectivity index (χ1) is 18.1. The Hall–Kier alpha value is -4.18. The SMILES string of the molecule is CN1C=CN(c2[c-]c(N3C=CN(C)[CH-]3)cc(C#N)c2)[CH-]1.[Ir].[c-]1ccccc1N1C=CN(c2[c-]cccc2)[CH-]1. The molecule has 3 heterocycles. The van der Waals surface area contributed by atoms with Gasteiger partial charge in [0.1, 0.15) is 0 Å². The molecule has 195 valence electrons. The molecule has 6 rings (SSSR count). The van der Waals surface area contributed by atoms with E-state index in [1.807, 2.05) is 161 Å². The van der Waals surface area contributed by atoms with E-state index < -0.39 is 0 Å². The maximum Gasteiger partial charge on any atom is 0.0726 e. The molecular weight excluding hydrogens is 651 g/mol. The normalized spacial score (nSPS) is 15.5. The summed E-state index contributed by atoms with van der Waals surface area (Å²) in [4.78, 5) is 11.8. The van der Waals surface area contributed by atoms with E-state index in [1.54, 1.807) is 0 Å². The van der Waals surface area contributed by atoms with Crippen LogP contribution in [0.5, 0.6) is 0 Å². The van der Waals surface area contributed by atoms with Gasteiger partial charge in [0.05, 0.1) is 6.07 Å². The summed E-state index contributed by atoms with van der Waals surface area (Å²) >= 11 is 0. The van der Waals surface area contributed by atoms with Crippen LogP contribution in [-0.2, 0) is 20.1 Å². The first-order valence-corrected chi connectivity index (χ1v) is 11.7. The first-order valence-electron chi connectivity index (χ1n) is 11.7. The van der Waals surface area contributed by atoms with Gasteiger partial charge in [-0.15, -0.1) is 47.6 Å². The van der Waals surface area contributed by atoms with E-state index in [2.05, 4.69) is 24.3 Å². The van der Waals surface area contributed by atoms with Crippen molar-refractivity contribution in [2.24, 2.45) is 0 Å². The number of hydrogen-bond donors (Lipinski definition) is 0. The van der Waals surface area contributed by atoms with Crippen molar-refractivity contribution in [1.82, 2.24) is 9.80 Å². The molecule has 3 aromatic rings. The summed E-state index contributed by atoms with van der Waals surface area (Å²) in [5.41, 5.74) is 4.36. The number of benzene rings is 3. The van der Waals surface area contributed by atoms with Gasteiger partial charge >= 0.3 is 0 Å². The maximum atomic E-state index is 9.20. The van der Waals surface area contributed by atoms with Crippen molar-refractivity contribution in [3.05, 3.63) is 142 Å². The molecule has 0 amide bonds. The van der Waals surface area contributed by atoms with Crippen molar-refractivity contribution in [1.29, 1.82) is 5.26 Å². The molecule has 0 aromatic heterocycles. The molecule has 0 saturated carbocycles. The van der Waals surface area contributed by atoms with E-state index in [-0.39, 0.29) is 20.1 Å². The van der Waals surface area contributed by atoms with Crippen molar-refractivity contribution >= 4 is 22.7 Å². The Balaban J connectivity index is 0.000000174. The van der Waals surface area contributed by atoms with Crippen LogP contribution in [0, 0.1) is 49.5 Å². The van der Waals surface area contributed by atoms with Gasteiger partial charge in [-0.1, -0.05) is 5.56 Å². The zero-order valence-corrected chi connectivity index (χ0v) is 23.3. The van der Waals surface area contributed by atoms with Crippen LogP contribution in [0.25, 0.3) is 0 Å². The molecule has 3 aromatic carbocycles. The van der Waals surface area contributed by atoms with Crippen molar-refractivity contribution in [2.45, 2.75) is 0 Å². The predicted molar refractivity (Wildman–Crippen MR) is 146 cm³/mol.